The third-order valence-corrected chi connectivity index (χ3v) is 6.67. The Morgan fingerprint density at radius 1 is 1.29 bits per heavy atom. The molecule has 4 N–H and O–H groups in total. The monoisotopic (exact) mass is 483 g/mol. The van der Waals surface area contributed by atoms with Crippen molar-refractivity contribution in [3.8, 4) is 11.8 Å². The number of methoxy groups -OCH3 is 1. The topological polar surface area (TPSA) is 158 Å². The molecule has 1 aliphatic carbocycles. The van der Waals surface area contributed by atoms with Crippen LogP contribution in [0.2, 0.25) is 0 Å². The zero-order chi connectivity index (χ0) is 24.5. The van der Waals surface area contributed by atoms with Crippen LogP contribution in [0.5, 0.6) is 0 Å². The highest BCUT2D eigenvalue weighted by molar-refractivity contribution is 5.83. The predicted molar refractivity (Wildman–Crippen MR) is 124 cm³/mol. The number of hydrogen-bond donors (Lipinski definition) is 3. The van der Waals surface area contributed by atoms with Crippen LogP contribution in [0.4, 0.5) is 10.6 Å². The molecule has 0 bridgehead atoms. The second-order valence-electron chi connectivity index (χ2n) is 9.26. The molecule has 35 heavy (non-hydrogen) atoms. The van der Waals surface area contributed by atoms with Gasteiger partial charge in [-0.2, -0.15) is 0 Å². The molecule has 2 amide bonds. The number of ether oxygens (including phenoxy) is 2. The highest BCUT2D eigenvalue weighted by Crippen LogP contribution is 2.32. The second kappa shape index (κ2) is 9.67. The maximum Gasteiger partial charge on any atom is 0.409 e. The van der Waals surface area contributed by atoms with Crippen molar-refractivity contribution in [2.75, 3.05) is 25.9 Å². The van der Waals surface area contributed by atoms with Crippen LogP contribution >= 0.6 is 0 Å². The lowest BCUT2D eigenvalue weighted by molar-refractivity contribution is -0.134. The smallest absolute Gasteiger partial charge is 0.409 e. The first-order valence-electron chi connectivity index (χ1n) is 11.9. The Kier molecular flexibility index (Phi) is 6.44. The molecule has 3 atom stereocenters. The summed E-state index contributed by atoms with van der Waals surface area (Å²) in [7, 11) is 1.39. The zero-order valence-electron chi connectivity index (χ0n) is 19.5. The summed E-state index contributed by atoms with van der Waals surface area (Å²) in [6.07, 6.45) is 3.23. The third-order valence-electron chi connectivity index (χ3n) is 6.67. The molecule has 0 radical (unpaired) electrons. The lowest BCUT2D eigenvalue weighted by Gasteiger charge is -2.29. The predicted octanol–water partition coefficient (Wildman–Crippen LogP) is 0.556. The molecule has 3 fully saturated rings. The summed E-state index contributed by atoms with van der Waals surface area (Å²) < 4.78 is 12.2. The fourth-order valence-corrected chi connectivity index (χ4v) is 4.50. The van der Waals surface area contributed by atoms with Crippen molar-refractivity contribution in [2.45, 2.75) is 63.0 Å². The number of aliphatic hydroxyl groups is 1. The number of nitrogens with one attached hydrogen (secondary N) is 1. The first-order chi connectivity index (χ1) is 16.9. The van der Waals surface area contributed by atoms with Crippen LogP contribution in [0, 0.1) is 17.8 Å². The number of likely N-dealkylation sites (tertiary alicyclic amines) is 1. The summed E-state index contributed by atoms with van der Waals surface area (Å²) in [6, 6.07) is 0.213. The van der Waals surface area contributed by atoms with Crippen molar-refractivity contribution in [3.05, 3.63) is 12.2 Å². The van der Waals surface area contributed by atoms with E-state index in [-0.39, 0.29) is 36.1 Å². The van der Waals surface area contributed by atoms with E-state index in [1.54, 1.807) is 9.47 Å². The fraction of sp³-hybridized carbons (Fsp3) is 0.609. The van der Waals surface area contributed by atoms with Crippen LogP contribution < -0.4 is 11.1 Å². The van der Waals surface area contributed by atoms with Gasteiger partial charge in [0.05, 0.1) is 13.4 Å². The number of fused-ring (bicyclic) bond motifs is 1. The van der Waals surface area contributed by atoms with E-state index in [9.17, 15) is 14.7 Å². The van der Waals surface area contributed by atoms with Gasteiger partial charge in [-0.15, -0.1) is 0 Å². The van der Waals surface area contributed by atoms with E-state index in [2.05, 4.69) is 32.1 Å². The minimum Gasteiger partial charge on any atom is -0.453 e. The van der Waals surface area contributed by atoms with Gasteiger partial charge in [-0.25, -0.2) is 19.7 Å². The van der Waals surface area contributed by atoms with E-state index in [4.69, 9.17) is 15.2 Å². The lowest BCUT2D eigenvalue weighted by Crippen LogP contribution is -2.38. The van der Waals surface area contributed by atoms with Crippen molar-refractivity contribution < 1.29 is 24.2 Å². The summed E-state index contributed by atoms with van der Waals surface area (Å²) in [6.45, 7) is 1.30. The van der Waals surface area contributed by atoms with Crippen LogP contribution in [-0.4, -0.2) is 80.0 Å². The number of aromatic nitrogens is 4. The Labute approximate surface area is 202 Å². The van der Waals surface area contributed by atoms with Gasteiger partial charge in [0, 0.05) is 32.0 Å². The minimum absolute atomic E-state index is 0.181. The number of carbonyl (C=O) groups is 2. The molecular formula is C23H29N7O5. The first-order valence-corrected chi connectivity index (χ1v) is 11.9. The van der Waals surface area contributed by atoms with Crippen molar-refractivity contribution >= 4 is 29.0 Å². The number of amides is 2. The molecule has 0 spiro atoms. The van der Waals surface area contributed by atoms with Crippen LogP contribution in [-0.2, 0) is 14.3 Å². The minimum atomic E-state index is -0.899. The van der Waals surface area contributed by atoms with Crippen LogP contribution in [0.3, 0.4) is 0 Å². The third kappa shape index (κ3) is 5.01. The van der Waals surface area contributed by atoms with Crippen molar-refractivity contribution in [2.24, 2.45) is 5.92 Å². The Hall–Kier alpha value is -3.43. The van der Waals surface area contributed by atoms with Gasteiger partial charge in [-0.3, -0.25) is 9.36 Å². The van der Waals surface area contributed by atoms with Crippen LogP contribution in [0.25, 0.3) is 11.2 Å². The molecule has 3 aliphatic rings. The number of nitrogen functional groups attached to an aromatic ring is 1. The van der Waals surface area contributed by atoms with Gasteiger partial charge >= 0.3 is 6.09 Å². The Morgan fingerprint density at radius 3 is 2.77 bits per heavy atom. The number of piperidine rings is 1. The lowest BCUT2D eigenvalue weighted by atomic mass is 9.94. The van der Waals surface area contributed by atoms with E-state index < -0.39 is 18.4 Å². The number of carbonyl (C=O) groups excluding carboxylic acids is 2. The Morgan fingerprint density at radius 2 is 2.06 bits per heavy atom. The number of imidazole rings is 1. The van der Waals surface area contributed by atoms with E-state index in [1.807, 2.05) is 0 Å². The molecule has 186 valence electrons. The quantitative estimate of drug-likeness (QED) is 0.528. The van der Waals surface area contributed by atoms with Gasteiger partial charge < -0.3 is 30.5 Å². The molecule has 2 aromatic heterocycles. The SMILES string of the molecule is COC(=O)N1CCC(CC#Cc2nc(N)c3ncn(C4OC(C(=O)NC5CC5)CC4O)c3n2)CC1. The summed E-state index contributed by atoms with van der Waals surface area (Å²) in [4.78, 5) is 38.7. The van der Waals surface area contributed by atoms with Crippen molar-refractivity contribution in [1.82, 2.24) is 29.7 Å². The standard InChI is InChI=1S/C23H29N7O5/c1-34-23(33)29-9-7-13(8-10-29)3-2-4-17-27-19(24)18-20(28-17)30(12-25-18)22-15(31)11-16(35-22)21(32)26-14-5-6-14/h12-16,22,31H,3,5-11H2,1H3,(H,26,32)(H2,24,27,28). The number of anilines is 1. The van der Waals surface area contributed by atoms with Gasteiger partial charge in [0.15, 0.2) is 17.7 Å². The summed E-state index contributed by atoms with van der Waals surface area (Å²) >= 11 is 0. The molecule has 4 heterocycles. The van der Waals surface area contributed by atoms with E-state index >= 15 is 0 Å². The molecule has 0 aromatic carbocycles. The van der Waals surface area contributed by atoms with E-state index in [0.717, 1.165) is 25.7 Å². The van der Waals surface area contributed by atoms with Gasteiger partial charge in [-0.1, -0.05) is 5.92 Å². The molecule has 1 saturated carbocycles. The number of hydrogen-bond acceptors (Lipinski definition) is 9. The van der Waals surface area contributed by atoms with Gasteiger partial charge in [0.2, 0.25) is 11.7 Å². The second-order valence-corrected chi connectivity index (χ2v) is 9.26. The Balaban J connectivity index is 1.27. The van der Waals surface area contributed by atoms with Crippen molar-refractivity contribution in [1.29, 1.82) is 0 Å². The van der Waals surface area contributed by atoms with Gasteiger partial charge in [-0.05, 0) is 37.5 Å². The molecule has 2 saturated heterocycles. The highest BCUT2D eigenvalue weighted by atomic mass is 16.5. The van der Waals surface area contributed by atoms with E-state index in [1.165, 1.54) is 13.4 Å². The summed E-state index contributed by atoms with van der Waals surface area (Å²) in [5.74, 6) is 6.70. The van der Waals surface area contributed by atoms with Gasteiger partial charge in [0.25, 0.3) is 0 Å². The van der Waals surface area contributed by atoms with Crippen LogP contribution in [0.1, 0.15) is 50.6 Å². The summed E-state index contributed by atoms with van der Waals surface area (Å²) in [5, 5.41) is 13.5. The number of nitrogens with zero attached hydrogens (tertiary/aromatic N) is 5. The van der Waals surface area contributed by atoms with Gasteiger partial charge in [0.1, 0.15) is 17.7 Å². The molecule has 12 nitrogen and oxygen atoms in total. The number of aliphatic hydroxyl groups excluding tert-OH is 1. The highest BCUT2D eigenvalue weighted by Gasteiger charge is 2.41. The Bertz CT molecular complexity index is 1180. The summed E-state index contributed by atoms with van der Waals surface area (Å²) in [5.41, 5.74) is 6.87. The molecule has 12 heteroatoms. The molecular weight excluding hydrogens is 454 g/mol. The van der Waals surface area contributed by atoms with Crippen molar-refractivity contribution in [3.63, 3.8) is 0 Å². The molecule has 5 rings (SSSR count). The first kappa shape index (κ1) is 23.3. The zero-order valence-corrected chi connectivity index (χ0v) is 19.5. The number of nitrogens with two attached hydrogens (primary N) is 1. The maximum absolute atomic E-state index is 12.4. The molecule has 3 unspecified atom stereocenters. The average Bonchev–Trinajstić information content (AvgIpc) is 3.43. The normalized spacial score (nSPS) is 24.7. The fourth-order valence-electron chi connectivity index (χ4n) is 4.50. The number of rotatable bonds is 4. The van der Waals surface area contributed by atoms with E-state index in [0.29, 0.717) is 36.6 Å². The average molecular weight is 484 g/mol. The molecule has 2 aliphatic heterocycles. The molecule has 2 aromatic rings. The maximum atomic E-state index is 12.4. The van der Waals surface area contributed by atoms with Crippen LogP contribution in [0.15, 0.2) is 6.33 Å². The largest absolute Gasteiger partial charge is 0.453 e.